The van der Waals surface area contributed by atoms with Gasteiger partial charge in [0, 0.05) is 17.3 Å². The van der Waals surface area contributed by atoms with Crippen molar-refractivity contribution in [1.29, 1.82) is 0 Å². The Morgan fingerprint density at radius 1 is 0.885 bits per heavy atom. The van der Waals surface area contributed by atoms with Gasteiger partial charge in [-0.25, -0.2) is 0 Å². The molecule has 2 aromatic rings. The Morgan fingerprint density at radius 2 is 1.65 bits per heavy atom. The van der Waals surface area contributed by atoms with Gasteiger partial charge in [-0.15, -0.1) is 0 Å². The van der Waals surface area contributed by atoms with Gasteiger partial charge in [-0.2, -0.15) is 0 Å². The maximum absolute atomic E-state index is 12.4. The van der Waals surface area contributed by atoms with E-state index in [0.29, 0.717) is 18.8 Å². The minimum Gasteiger partial charge on any atom is -0.494 e. The molecular formula is C22H29NO3. The highest BCUT2D eigenvalue weighted by molar-refractivity contribution is 6.04. The molecule has 0 aliphatic heterocycles. The molecule has 0 radical (unpaired) electrons. The van der Waals surface area contributed by atoms with Crippen molar-refractivity contribution in [2.24, 2.45) is 0 Å². The summed E-state index contributed by atoms with van der Waals surface area (Å²) in [6, 6.07) is 14.7. The Kier molecular flexibility index (Phi) is 8.53. The van der Waals surface area contributed by atoms with Gasteiger partial charge in [0.1, 0.15) is 11.5 Å². The van der Waals surface area contributed by atoms with Crippen molar-refractivity contribution in [1.82, 2.24) is 0 Å². The van der Waals surface area contributed by atoms with E-state index < -0.39 is 0 Å². The largest absolute Gasteiger partial charge is 0.494 e. The molecule has 4 nitrogen and oxygen atoms in total. The number of benzene rings is 2. The Balaban J connectivity index is 1.84. The van der Waals surface area contributed by atoms with E-state index in [4.69, 9.17) is 9.47 Å². The Hall–Kier alpha value is -2.49. The fourth-order valence-corrected chi connectivity index (χ4v) is 2.63. The number of carbonyl (C=O) groups excluding carboxylic acids is 1. The van der Waals surface area contributed by atoms with Crippen molar-refractivity contribution >= 4 is 11.6 Å². The van der Waals surface area contributed by atoms with Crippen LogP contribution in [0.25, 0.3) is 0 Å². The number of amides is 1. The maximum Gasteiger partial charge on any atom is 0.255 e. The van der Waals surface area contributed by atoms with Crippen LogP contribution in [0.3, 0.4) is 0 Å². The van der Waals surface area contributed by atoms with Gasteiger partial charge >= 0.3 is 0 Å². The number of hydrogen-bond acceptors (Lipinski definition) is 3. The second-order valence-corrected chi connectivity index (χ2v) is 6.20. The molecule has 0 aliphatic carbocycles. The van der Waals surface area contributed by atoms with Gasteiger partial charge in [-0.05, 0) is 49.7 Å². The molecule has 0 aromatic heterocycles. The predicted molar refractivity (Wildman–Crippen MR) is 106 cm³/mol. The summed E-state index contributed by atoms with van der Waals surface area (Å²) in [6.07, 6.45) is 6.05. The van der Waals surface area contributed by atoms with E-state index in [2.05, 4.69) is 12.2 Å². The topological polar surface area (TPSA) is 47.6 Å². The zero-order valence-corrected chi connectivity index (χ0v) is 15.8. The maximum atomic E-state index is 12.4. The van der Waals surface area contributed by atoms with Crippen molar-refractivity contribution < 1.29 is 14.3 Å². The monoisotopic (exact) mass is 355 g/mol. The van der Waals surface area contributed by atoms with Crippen LogP contribution in [0.5, 0.6) is 11.5 Å². The lowest BCUT2D eigenvalue weighted by atomic mass is 10.2. The number of carbonyl (C=O) groups is 1. The smallest absolute Gasteiger partial charge is 0.255 e. The normalized spacial score (nSPS) is 10.4. The highest BCUT2D eigenvalue weighted by Crippen LogP contribution is 2.19. The van der Waals surface area contributed by atoms with Gasteiger partial charge in [0.25, 0.3) is 5.91 Å². The van der Waals surface area contributed by atoms with Gasteiger partial charge in [0.2, 0.25) is 0 Å². The number of unbranched alkanes of at least 4 members (excludes halogenated alkanes) is 4. The molecule has 1 amide bonds. The molecule has 0 aliphatic rings. The molecule has 0 spiro atoms. The van der Waals surface area contributed by atoms with Crippen LogP contribution < -0.4 is 14.8 Å². The van der Waals surface area contributed by atoms with Crippen LogP contribution in [0.4, 0.5) is 5.69 Å². The van der Waals surface area contributed by atoms with E-state index in [9.17, 15) is 4.79 Å². The molecule has 2 rings (SSSR count). The zero-order valence-electron chi connectivity index (χ0n) is 15.8. The first kappa shape index (κ1) is 19.8. The fourth-order valence-electron chi connectivity index (χ4n) is 2.63. The molecule has 0 saturated carbocycles. The zero-order chi connectivity index (χ0) is 18.6. The fraction of sp³-hybridized carbons (Fsp3) is 0.409. The van der Waals surface area contributed by atoms with Crippen LogP contribution in [0.1, 0.15) is 56.3 Å². The van der Waals surface area contributed by atoms with Gasteiger partial charge in [-0.3, -0.25) is 4.79 Å². The van der Waals surface area contributed by atoms with E-state index >= 15 is 0 Å². The summed E-state index contributed by atoms with van der Waals surface area (Å²) in [5, 5.41) is 2.91. The van der Waals surface area contributed by atoms with E-state index in [1.165, 1.54) is 25.7 Å². The van der Waals surface area contributed by atoms with Crippen molar-refractivity contribution in [2.75, 3.05) is 18.5 Å². The molecule has 0 saturated heterocycles. The van der Waals surface area contributed by atoms with E-state index in [0.717, 1.165) is 23.6 Å². The quantitative estimate of drug-likeness (QED) is 0.527. The van der Waals surface area contributed by atoms with Gasteiger partial charge in [0.15, 0.2) is 0 Å². The molecule has 0 fully saturated rings. The first-order valence-corrected chi connectivity index (χ1v) is 9.50. The summed E-state index contributed by atoms with van der Waals surface area (Å²) in [7, 11) is 0. The SMILES string of the molecule is CCCCCCCOc1cccc(NC(=O)c2ccc(OCC)cc2)c1. The van der Waals surface area contributed by atoms with Crippen LogP contribution in [0.15, 0.2) is 48.5 Å². The van der Waals surface area contributed by atoms with E-state index in [1.807, 2.05) is 31.2 Å². The molecule has 26 heavy (non-hydrogen) atoms. The Bertz CT molecular complexity index is 667. The lowest BCUT2D eigenvalue weighted by Gasteiger charge is -2.10. The van der Waals surface area contributed by atoms with Gasteiger partial charge < -0.3 is 14.8 Å². The summed E-state index contributed by atoms with van der Waals surface area (Å²) < 4.78 is 11.2. The minimum absolute atomic E-state index is 0.148. The van der Waals surface area contributed by atoms with Crippen molar-refractivity contribution in [3.05, 3.63) is 54.1 Å². The second-order valence-electron chi connectivity index (χ2n) is 6.20. The summed E-state index contributed by atoms with van der Waals surface area (Å²) in [4.78, 5) is 12.4. The third-order valence-electron chi connectivity index (χ3n) is 4.04. The van der Waals surface area contributed by atoms with Gasteiger partial charge in [0.05, 0.1) is 13.2 Å². The first-order valence-electron chi connectivity index (χ1n) is 9.50. The number of nitrogens with one attached hydrogen (secondary N) is 1. The predicted octanol–water partition coefficient (Wildman–Crippen LogP) is 5.69. The summed E-state index contributed by atoms with van der Waals surface area (Å²) in [5.41, 5.74) is 1.32. The van der Waals surface area contributed by atoms with Crippen molar-refractivity contribution in [2.45, 2.75) is 46.0 Å². The van der Waals surface area contributed by atoms with Crippen LogP contribution in [-0.2, 0) is 0 Å². The van der Waals surface area contributed by atoms with E-state index in [-0.39, 0.29) is 5.91 Å². The Labute approximate surface area is 156 Å². The average Bonchev–Trinajstić information content (AvgIpc) is 2.66. The second kappa shape index (κ2) is 11.2. The van der Waals surface area contributed by atoms with E-state index in [1.54, 1.807) is 24.3 Å². The van der Waals surface area contributed by atoms with Crippen molar-refractivity contribution in [3.8, 4) is 11.5 Å². The first-order chi connectivity index (χ1) is 12.7. The van der Waals surface area contributed by atoms with Gasteiger partial charge in [-0.1, -0.05) is 38.7 Å². The summed E-state index contributed by atoms with van der Waals surface area (Å²) in [6.45, 7) is 5.46. The van der Waals surface area contributed by atoms with Crippen LogP contribution in [0, 0.1) is 0 Å². The molecule has 0 atom stereocenters. The summed E-state index contributed by atoms with van der Waals surface area (Å²) in [5.74, 6) is 1.40. The third-order valence-corrected chi connectivity index (χ3v) is 4.04. The molecule has 0 heterocycles. The molecule has 0 unspecified atom stereocenters. The molecule has 2 aromatic carbocycles. The minimum atomic E-state index is -0.148. The third kappa shape index (κ3) is 6.79. The lowest BCUT2D eigenvalue weighted by molar-refractivity contribution is 0.102. The molecule has 0 bridgehead atoms. The van der Waals surface area contributed by atoms with Crippen molar-refractivity contribution in [3.63, 3.8) is 0 Å². The standard InChI is InChI=1S/C22H29NO3/c1-3-5-6-7-8-16-26-21-11-9-10-19(17-21)23-22(24)18-12-14-20(15-13-18)25-4-2/h9-15,17H,3-8,16H2,1-2H3,(H,23,24). The van der Waals surface area contributed by atoms with Crippen LogP contribution >= 0.6 is 0 Å². The highest BCUT2D eigenvalue weighted by Gasteiger charge is 2.07. The lowest BCUT2D eigenvalue weighted by Crippen LogP contribution is -2.11. The highest BCUT2D eigenvalue weighted by atomic mass is 16.5. The summed E-state index contributed by atoms with van der Waals surface area (Å²) >= 11 is 0. The average molecular weight is 355 g/mol. The Morgan fingerprint density at radius 3 is 2.38 bits per heavy atom. The molecule has 1 N–H and O–H groups in total. The molecule has 4 heteroatoms. The molecular weight excluding hydrogens is 326 g/mol. The number of anilines is 1. The number of hydrogen-bond donors (Lipinski definition) is 1. The number of rotatable bonds is 11. The number of ether oxygens (including phenoxy) is 2. The molecule has 140 valence electrons. The van der Waals surface area contributed by atoms with Crippen LogP contribution in [-0.4, -0.2) is 19.1 Å². The van der Waals surface area contributed by atoms with Crippen LogP contribution in [0.2, 0.25) is 0 Å².